The molecule has 0 saturated carbocycles. The second kappa shape index (κ2) is 9.20. The first kappa shape index (κ1) is 20.1. The van der Waals surface area contributed by atoms with Crippen LogP contribution in [-0.4, -0.2) is 36.0 Å². The Morgan fingerprint density at radius 3 is 2.48 bits per heavy atom. The second-order valence-electron chi connectivity index (χ2n) is 5.01. The molecule has 2 rings (SSSR count). The number of hydrogen-bond acceptors (Lipinski definition) is 4. The molecular formula is C14H23Cl2N3O2. The molecule has 0 bridgehead atoms. The molecular weight excluding hydrogens is 313 g/mol. The molecule has 120 valence electrons. The maximum absolute atomic E-state index is 11.0. The summed E-state index contributed by atoms with van der Waals surface area (Å²) in [6, 6.07) is 5.91. The fourth-order valence-corrected chi connectivity index (χ4v) is 2.73. The van der Waals surface area contributed by atoms with E-state index in [4.69, 9.17) is 0 Å². The molecule has 1 heterocycles. The fourth-order valence-electron chi connectivity index (χ4n) is 2.73. The molecule has 1 aliphatic rings. The number of rotatable bonds is 4. The van der Waals surface area contributed by atoms with Gasteiger partial charge in [-0.2, -0.15) is 0 Å². The first-order valence-corrected chi connectivity index (χ1v) is 6.83. The van der Waals surface area contributed by atoms with Crippen LogP contribution in [0.2, 0.25) is 0 Å². The van der Waals surface area contributed by atoms with Crippen LogP contribution in [0.5, 0.6) is 0 Å². The van der Waals surface area contributed by atoms with Crippen molar-refractivity contribution in [2.24, 2.45) is 0 Å². The highest BCUT2D eigenvalue weighted by atomic mass is 35.5. The van der Waals surface area contributed by atoms with Gasteiger partial charge in [-0.1, -0.05) is 19.1 Å². The normalized spacial score (nSPS) is 16.5. The molecule has 1 N–H and O–H groups in total. The largest absolute Gasteiger partial charge is 0.314 e. The Labute approximate surface area is 138 Å². The van der Waals surface area contributed by atoms with Crippen molar-refractivity contribution in [1.29, 1.82) is 0 Å². The zero-order valence-corrected chi connectivity index (χ0v) is 14.0. The first-order chi connectivity index (χ1) is 9.13. The summed E-state index contributed by atoms with van der Waals surface area (Å²) < 4.78 is 0. The van der Waals surface area contributed by atoms with Crippen LogP contribution in [0.3, 0.4) is 0 Å². The lowest BCUT2D eigenvalue weighted by Crippen LogP contribution is -2.45. The van der Waals surface area contributed by atoms with E-state index >= 15 is 0 Å². The molecule has 21 heavy (non-hydrogen) atoms. The lowest BCUT2D eigenvalue weighted by atomic mass is 9.99. The minimum atomic E-state index is -0.288. The van der Waals surface area contributed by atoms with E-state index in [-0.39, 0.29) is 41.5 Å². The molecule has 1 aromatic carbocycles. The van der Waals surface area contributed by atoms with Gasteiger partial charge in [-0.05, 0) is 18.9 Å². The molecule has 0 spiro atoms. The van der Waals surface area contributed by atoms with Crippen molar-refractivity contribution in [3.05, 3.63) is 39.4 Å². The summed E-state index contributed by atoms with van der Waals surface area (Å²) in [6.45, 7) is 7.90. The summed E-state index contributed by atoms with van der Waals surface area (Å²) >= 11 is 0. The van der Waals surface area contributed by atoms with E-state index < -0.39 is 0 Å². The van der Waals surface area contributed by atoms with Crippen LogP contribution in [0, 0.1) is 17.0 Å². The molecule has 0 amide bonds. The highest BCUT2D eigenvalue weighted by molar-refractivity contribution is 5.85. The Hall–Kier alpha value is -0.880. The van der Waals surface area contributed by atoms with E-state index in [0.717, 1.165) is 43.7 Å². The number of benzene rings is 1. The van der Waals surface area contributed by atoms with Crippen molar-refractivity contribution in [2.45, 2.75) is 26.3 Å². The number of piperazine rings is 1. The molecule has 0 aliphatic carbocycles. The zero-order chi connectivity index (χ0) is 13.8. The van der Waals surface area contributed by atoms with Gasteiger partial charge in [0, 0.05) is 43.9 Å². The quantitative estimate of drug-likeness (QED) is 0.678. The number of nitro benzene ring substituents is 1. The van der Waals surface area contributed by atoms with Crippen molar-refractivity contribution >= 4 is 30.5 Å². The zero-order valence-electron chi connectivity index (χ0n) is 12.4. The third-order valence-electron chi connectivity index (χ3n) is 3.79. The predicted octanol–water partition coefficient (Wildman–Crippen LogP) is 3.10. The Morgan fingerprint density at radius 2 is 1.95 bits per heavy atom. The first-order valence-electron chi connectivity index (χ1n) is 6.83. The lowest BCUT2D eigenvalue weighted by Gasteiger charge is -2.34. The van der Waals surface area contributed by atoms with E-state index in [2.05, 4.69) is 17.1 Å². The average molecular weight is 336 g/mol. The average Bonchev–Trinajstić information content (AvgIpc) is 2.42. The minimum absolute atomic E-state index is 0. The highest BCUT2D eigenvalue weighted by Gasteiger charge is 2.22. The number of aryl methyl sites for hydroxylation is 1. The summed E-state index contributed by atoms with van der Waals surface area (Å²) in [6.07, 6.45) is 0.972. The molecule has 0 aromatic heterocycles. The molecule has 1 saturated heterocycles. The summed E-state index contributed by atoms with van der Waals surface area (Å²) in [5.41, 5.74) is 2.01. The molecule has 7 heteroatoms. The number of hydrogen-bond donors (Lipinski definition) is 1. The summed E-state index contributed by atoms with van der Waals surface area (Å²) in [5, 5.41) is 14.4. The molecule has 0 radical (unpaired) electrons. The molecule has 1 aromatic rings. The van der Waals surface area contributed by atoms with Crippen molar-refractivity contribution < 1.29 is 4.92 Å². The molecule has 0 unspecified atom stereocenters. The molecule has 1 aliphatic heterocycles. The molecule has 1 atom stereocenters. The number of nitrogens with one attached hydrogen (secondary N) is 1. The van der Waals surface area contributed by atoms with Crippen LogP contribution in [-0.2, 0) is 0 Å². The predicted molar refractivity (Wildman–Crippen MR) is 89.8 cm³/mol. The lowest BCUT2D eigenvalue weighted by molar-refractivity contribution is -0.385. The van der Waals surface area contributed by atoms with Crippen molar-refractivity contribution in [2.75, 3.05) is 26.2 Å². The van der Waals surface area contributed by atoms with Gasteiger partial charge in [-0.25, -0.2) is 0 Å². The van der Waals surface area contributed by atoms with Gasteiger partial charge in [0.2, 0.25) is 0 Å². The van der Waals surface area contributed by atoms with Gasteiger partial charge in [0.25, 0.3) is 5.69 Å². The van der Waals surface area contributed by atoms with Gasteiger partial charge < -0.3 is 5.32 Å². The summed E-state index contributed by atoms with van der Waals surface area (Å²) in [7, 11) is 0. The second-order valence-corrected chi connectivity index (χ2v) is 5.01. The standard InChI is InChI=1S/C14H21N3O2.2ClH/c1-3-13(16-8-6-15-7-9-16)12-5-4-11(2)14(10-12)17(18)19;;/h4-5,10,13,15H,3,6-9H2,1-2H3;2*1H/t13-;;/m1../s1. The summed E-state index contributed by atoms with van der Waals surface area (Å²) in [4.78, 5) is 13.2. The van der Waals surface area contributed by atoms with Crippen molar-refractivity contribution in [1.82, 2.24) is 10.2 Å². The van der Waals surface area contributed by atoms with Crippen LogP contribution in [0.1, 0.15) is 30.5 Å². The third-order valence-corrected chi connectivity index (χ3v) is 3.79. The molecule has 1 fully saturated rings. The van der Waals surface area contributed by atoms with E-state index in [0.29, 0.717) is 0 Å². The Kier molecular flexibility index (Phi) is 8.82. The SMILES string of the molecule is CC[C@H](c1ccc(C)c([N+](=O)[O-])c1)N1CCNCC1.Cl.Cl. The van der Waals surface area contributed by atoms with Gasteiger partial charge >= 0.3 is 0 Å². The van der Waals surface area contributed by atoms with E-state index in [1.54, 1.807) is 13.0 Å². The highest BCUT2D eigenvalue weighted by Crippen LogP contribution is 2.29. The number of nitrogens with zero attached hydrogens (tertiary/aromatic N) is 2. The minimum Gasteiger partial charge on any atom is -0.314 e. The van der Waals surface area contributed by atoms with E-state index in [1.165, 1.54) is 0 Å². The van der Waals surface area contributed by atoms with Gasteiger partial charge in [-0.15, -0.1) is 24.8 Å². The Bertz CT molecular complexity index is 466. The van der Waals surface area contributed by atoms with Crippen LogP contribution < -0.4 is 5.32 Å². The maximum Gasteiger partial charge on any atom is 0.272 e. The van der Waals surface area contributed by atoms with Gasteiger partial charge in [-0.3, -0.25) is 15.0 Å². The number of nitro groups is 1. The molecule has 5 nitrogen and oxygen atoms in total. The summed E-state index contributed by atoms with van der Waals surface area (Å²) in [5.74, 6) is 0. The smallest absolute Gasteiger partial charge is 0.272 e. The number of halogens is 2. The third kappa shape index (κ3) is 4.81. The van der Waals surface area contributed by atoms with Crippen LogP contribution in [0.15, 0.2) is 18.2 Å². The van der Waals surface area contributed by atoms with Crippen LogP contribution in [0.4, 0.5) is 5.69 Å². The van der Waals surface area contributed by atoms with Gasteiger partial charge in [0.1, 0.15) is 0 Å². The van der Waals surface area contributed by atoms with E-state index in [9.17, 15) is 10.1 Å². The topological polar surface area (TPSA) is 58.4 Å². The van der Waals surface area contributed by atoms with Gasteiger partial charge in [0.05, 0.1) is 4.92 Å². The van der Waals surface area contributed by atoms with Crippen molar-refractivity contribution in [3.63, 3.8) is 0 Å². The van der Waals surface area contributed by atoms with Crippen molar-refractivity contribution in [3.8, 4) is 0 Å². The van der Waals surface area contributed by atoms with Crippen LogP contribution >= 0.6 is 24.8 Å². The Balaban J connectivity index is 0.00000200. The van der Waals surface area contributed by atoms with E-state index in [1.807, 2.05) is 12.1 Å². The van der Waals surface area contributed by atoms with Gasteiger partial charge in [0.15, 0.2) is 0 Å². The Morgan fingerprint density at radius 1 is 1.33 bits per heavy atom. The van der Waals surface area contributed by atoms with Crippen LogP contribution in [0.25, 0.3) is 0 Å². The maximum atomic E-state index is 11.0. The fraction of sp³-hybridized carbons (Fsp3) is 0.571. The monoisotopic (exact) mass is 335 g/mol.